The van der Waals surface area contributed by atoms with Crippen LogP contribution < -0.4 is 0 Å². The van der Waals surface area contributed by atoms with Crippen molar-refractivity contribution in [2.75, 3.05) is 20.1 Å². The zero-order chi connectivity index (χ0) is 5.28. The Morgan fingerprint density at radius 2 is 2.43 bits per heavy atom. The van der Waals surface area contributed by atoms with Gasteiger partial charge in [0.1, 0.15) is 0 Å². The zero-order valence-electron chi connectivity index (χ0n) is 4.78. The largest absolute Gasteiger partial charge is 0.302 e. The summed E-state index contributed by atoms with van der Waals surface area (Å²) in [6.45, 7) is 6.18. The smallest absolute Gasteiger partial charge is 0.0187 e. The molecule has 0 amide bonds. The highest BCUT2D eigenvalue weighted by molar-refractivity contribution is 5.02. The summed E-state index contributed by atoms with van der Waals surface area (Å²) >= 11 is 0. The van der Waals surface area contributed by atoms with Gasteiger partial charge in [-0.1, -0.05) is 12.2 Å². The van der Waals surface area contributed by atoms with Gasteiger partial charge in [0, 0.05) is 13.1 Å². The van der Waals surface area contributed by atoms with E-state index in [9.17, 15) is 0 Å². The number of hydrogen-bond donors (Lipinski definition) is 0. The fourth-order valence-corrected chi connectivity index (χ4v) is 0.889. The third kappa shape index (κ3) is 1.03. The standard InChI is InChI=1S/C6H11N/c1-6-3-4-7(2)5-6/h1,3-5H2,2H3. The Bertz CT molecular complexity index is 86.2. The number of likely N-dealkylation sites (N-methyl/N-ethyl adjacent to an activating group) is 1. The quantitative estimate of drug-likeness (QED) is 0.405. The first kappa shape index (κ1) is 4.85. The molecule has 1 aliphatic rings. The average Bonchev–Trinajstić information content (AvgIpc) is 1.87. The number of nitrogens with zero attached hydrogens (tertiary/aromatic N) is 1. The minimum Gasteiger partial charge on any atom is -0.302 e. The molecule has 1 saturated heterocycles. The van der Waals surface area contributed by atoms with Crippen LogP contribution in [0.15, 0.2) is 12.2 Å². The van der Waals surface area contributed by atoms with Crippen molar-refractivity contribution >= 4 is 0 Å². The summed E-state index contributed by atoms with van der Waals surface area (Å²) < 4.78 is 0. The van der Waals surface area contributed by atoms with Crippen molar-refractivity contribution < 1.29 is 0 Å². The molecule has 0 aromatic rings. The van der Waals surface area contributed by atoms with Crippen LogP contribution >= 0.6 is 0 Å². The van der Waals surface area contributed by atoms with Gasteiger partial charge < -0.3 is 4.90 Å². The van der Waals surface area contributed by atoms with Gasteiger partial charge in [-0.25, -0.2) is 0 Å². The molecule has 7 heavy (non-hydrogen) atoms. The molecule has 0 bridgehead atoms. The summed E-state index contributed by atoms with van der Waals surface area (Å²) in [7, 11) is 2.12. The average molecular weight is 97.2 g/mol. The van der Waals surface area contributed by atoms with E-state index in [1.807, 2.05) is 0 Å². The van der Waals surface area contributed by atoms with E-state index in [2.05, 4.69) is 18.5 Å². The number of likely N-dealkylation sites (tertiary alicyclic amines) is 1. The van der Waals surface area contributed by atoms with Gasteiger partial charge >= 0.3 is 0 Å². The van der Waals surface area contributed by atoms with E-state index in [0.717, 1.165) is 6.54 Å². The van der Waals surface area contributed by atoms with Crippen LogP contribution in [-0.2, 0) is 0 Å². The summed E-state index contributed by atoms with van der Waals surface area (Å²) in [5, 5.41) is 0. The molecule has 1 fully saturated rings. The van der Waals surface area contributed by atoms with Gasteiger partial charge in [0.25, 0.3) is 0 Å². The Balaban J connectivity index is 2.40. The van der Waals surface area contributed by atoms with E-state index in [1.165, 1.54) is 18.5 Å². The highest BCUT2D eigenvalue weighted by atomic mass is 15.1. The molecule has 0 aromatic carbocycles. The summed E-state index contributed by atoms with van der Waals surface area (Å²) in [5.41, 5.74) is 1.38. The maximum Gasteiger partial charge on any atom is 0.0187 e. The lowest BCUT2D eigenvalue weighted by molar-refractivity contribution is 0.425. The van der Waals surface area contributed by atoms with E-state index >= 15 is 0 Å². The molecule has 40 valence electrons. The second kappa shape index (κ2) is 1.66. The molecule has 0 aliphatic carbocycles. The molecular weight excluding hydrogens is 86.1 g/mol. The molecule has 0 N–H and O–H groups in total. The fraction of sp³-hybridized carbons (Fsp3) is 0.667. The predicted octanol–water partition coefficient (Wildman–Crippen LogP) is 0.878. The highest BCUT2D eigenvalue weighted by Gasteiger charge is 2.08. The number of rotatable bonds is 0. The van der Waals surface area contributed by atoms with Crippen LogP contribution in [0.1, 0.15) is 6.42 Å². The van der Waals surface area contributed by atoms with Crippen molar-refractivity contribution in [1.82, 2.24) is 4.90 Å². The molecule has 0 radical (unpaired) electrons. The molecule has 1 nitrogen and oxygen atoms in total. The normalized spacial score (nSPS) is 23.9. The van der Waals surface area contributed by atoms with E-state index in [4.69, 9.17) is 0 Å². The van der Waals surface area contributed by atoms with E-state index < -0.39 is 0 Å². The second-order valence-electron chi connectivity index (χ2n) is 2.24. The van der Waals surface area contributed by atoms with Crippen LogP contribution in [0.2, 0.25) is 0 Å². The molecule has 0 unspecified atom stereocenters. The number of hydrogen-bond acceptors (Lipinski definition) is 1. The lowest BCUT2D eigenvalue weighted by Gasteiger charge is -2.01. The van der Waals surface area contributed by atoms with Gasteiger partial charge in [-0.15, -0.1) is 0 Å². The first-order valence-corrected chi connectivity index (χ1v) is 2.64. The summed E-state index contributed by atoms with van der Waals surface area (Å²) in [6, 6.07) is 0. The lowest BCUT2D eigenvalue weighted by Crippen LogP contribution is -2.11. The maximum absolute atomic E-state index is 3.86. The van der Waals surface area contributed by atoms with E-state index in [1.54, 1.807) is 0 Å². The Hall–Kier alpha value is -0.300. The summed E-state index contributed by atoms with van der Waals surface area (Å²) in [5.74, 6) is 0. The van der Waals surface area contributed by atoms with Crippen LogP contribution in [-0.4, -0.2) is 25.0 Å². The molecule has 1 heterocycles. The molecule has 0 atom stereocenters. The van der Waals surface area contributed by atoms with Gasteiger partial charge in [-0.3, -0.25) is 0 Å². The van der Waals surface area contributed by atoms with Crippen molar-refractivity contribution in [2.45, 2.75) is 6.42 Å². The molecule has 0 spiro atoms. The molecule has 1 aliphatic heterocycles. The van der Waals surface area contributed by atoms with E-state index in [-0.39, 0.29) is 0 Å². The molecule has 1 rings (SSSR count). The SMILES string of the molecule is C=C1CCN(C)C1. The first-order valence-electron chi connectivity index (χ1n) is 2.64. The van der Waals surface area contributed by atoms with Crippen LogP contribution in [0, 0.1) is 0 Å². The molecule has 0 aromatic heterocycles. The summed E-state index contributed by atoms with van der Waals surface area (Å²) in [4.78, 5) is 2.28. The van der Waals surface area contributed by atoms with Crippen molar-refractivity contribution in [3.63, 3.8) is 0 Å². The van der Waals surface area contributed by atoms with Crippen LogP contribution in [0.3, 0.4) is 0 Å². The lowest BCUT2D eigenvalue weighted by atomic mass is 10.3. The molecular formula is C6H11N. The van der Waals surface area contributed by atoms with E-state index in [0.29, 0.717) is 0 Å². The van der Waals surface area contributed by atoms with Crippen LogP contribution in [0.4, 0.5) is 0 Å². The Morgan fingerprint density at radius 3 is 2.57 bits per heavy atom. The van der Waals surface area contributed by atoms with Gasteiger partial charge in [0.05, 0.1) is 0 Å². The van der Waals surface area contributed by atoms with Gasteiger partial charge in [-0.2, -0.15) is 0 Å². The molecule has 0 saturated carbocycles. The highest BCUT2D eigenvalue weighted by Crippen LogP contribution is 2.08. The van der Waals surface area contributed by atoms with Crippen LogP contribution in [0.5, 0.6) is 0 Å². The van der Waals surface area contributed by atoms with Crippen molar-refractivity contribution in [3.8, 4) is 0 Å². The topological polar surface area (TPSA) is 3.24 Å². The maximum atomic E-state index is 3.86. The van der Waals surface area contributed by atoms with Gasteiger partial charge in [0.2, 0.25) is 0 Å². The Morgan fingerprint density at radius 1 is 1.71 bits per heavy atom. The zero-order valence-corrected chi connectivity index (χ0v) is 4.78. The summed E-state index contributed by atoms with van der Waals surface area (Å²) in [6.07, 6.45) is 1.20. The minimum atomic E-state index is 1.11. The third-order valence-corrected chi connectivity index (χ3v) is 1.34. The minimum absolute atomic E-state index is 1.11. The third-order valence-electron chi connectivity index (χ3n) is 1.34. The Labute approximate surface area is 44.6 Å². The Kier molecular flexibility index (Phi) is 1.15. The van der Waals surface area contributed by atoms with Crippen LogP contribution in [0.25, 0.3) is 0 Å². The predicted molar refractivity (Wildman–Crippen MR) is 31.3 cm³/mol. The van der Waals surface area contributed by atoms with Gasteiger partial charge in [0.15, 0.2) is 0 Å². The fourth-order valence-electron chi connectivity index (χ4n) is 0.889. The monoisotopic (exact) mass is 97.1 g/mol. The van der Waals surface area contributed by atoms with Crippen molar-refractivity contribution in [2.24, 2.45) is 0 Å². The van der Waals surface area contributed by atoms with Crippen molar-refractivity contribution in [1.29, 1.82) is 0 Å². The second-order valence-corrected chi connectivity index (χ2v) is 2.24. The van der Waals surface area contributed by atoms with Gasteiger partial charge in [-0.05, 0) is 13.5 Å². The first-order chi connectivity index (χ1) is 3.29. The molecule has 1 heteroatoms. The van der Waals surface area contributed by atoms with Crippen molar-refractivity contribution in [3.05, 3.63) is 12.2 Å².